The van der Waals surface area contributed by atoms with Crippen molar-refractivity contribution >= 4 is 22.6 Å². The summed E-state index contributed by atoms with van der Waals surface area (Å²) in [5, 5.41) is 15.5. The Kier molecular flexibility index (Phi) is 3.43. The van der Waals surface area contributed by atoms with E-state index in [1.54, 1.807) is 6.07 Å². The van der Waals surface area contributed by atoms with Crippen molar-refractivity contribution < 1.29 is 4.79 Å². The van der Waals surface area contributed by atoms with Gasteiger partial charge in [-0.1, -0.05) is 36.4 Å². The summed E-state index contributed by atoms with van der Waals surface area (Å²) in [5.74, 6) is -0.0384. The van der Waals surface area contributed by atoms with E-state index in [9.17, 15) is 4.79 Å². The largest absolute Gasteiger partial charge is 0.304 e. The van der Waals surface area contributed by atoms with Crippen molar-refractivity contribution in [2.24, 2.45) is 0 Å². The first-order valence-electron chi connectivity index (χ1n) is 7.32. The van der Waals surface area contributed by atoms with Crippen LogP contribution in [0.25, 0.3) is 16.6 Å². The predicted octanol–water partition coefficient (Wildman–Crippen LogP) is 2.46. The van der Waals surface area contributed by atoms with Crippen molar-refractivity contribution in [2.75, 3.05) is 5.32 Å². The third-order valence-corrected chi connectivity index (χ3v) is 3.44. The van der Waals surface area contributed by atoms with E-state index in [1.165, 1.54) is 4.80 Å². The van der Waals surface area contributed by atoms with E-state index in [0.29, 0.717) is 5.82 Å². The number of hydrogen-bond acceptors (Lipinski definition) is 5. The molecule has 0 saturated carbocycles. The fourth-order valence-corrected chi connectivity index (χ4v) is 2.28. The Labute approximate surface area is 137 Å². The summed E-state index contributed by atoms with van der Waals surface area (Å²) in [6, 6.07) is 20.6. The van der Waals surface area contributed by atoms with Gasteiger partial charge in [0, 0.05) is 5.39 Å². The number of hydrogen-bond donors (Lipinski definition) is 1. The minimum Gasteiger partial charge on any atom is -0.304 e. The van der Waals surface area contributed by atoms with Crippen molar-refractivity contribution in [1.82, 2.24) is 25.2 Å². The van der Waals surface area contributed by atoms with Gasteiger partial charge < -0.3 is 5.32 Å². The van der Waals surface area contributed by atoms with Gasteiger partial charge in [-0.25, -0.2) is 4.98 Å². The Hall–Kier alpha value is -3.61. The van der Waals surface area contributed by atoms with Crippen LogP contribution in [0.5, 0.6) is 0 Å². The number of carbonyl (C=O) groups is 1. The van der Waals surface area contributed by atoms with Crippen LogP contribution in [-0.2, 0) is 0 Å². The van der Waals surface area contributed by atoms with Crippen LogP contribution in [0, 0.1) is 0 Å². The quantitative estimate of drug-likeness (QED) is 0.627. The highest BCUT2D eigenvalue weighted by atomic mass is 16.2. The second-order valence-corrected chi connectivity index (χ2v) is 5.08. The second-order valence-electron chi connectivity index (χ2n) is 5.08. The first-order chi connectivity index (χ1) is 11.8. The lowest BCUT2D eigenvalue weighted by Crippen LogP contribution is -2.15. The number of amides is 1. The van der Waals surface area contributed by atoms with Crippen molar-refractivity contribution in [3.8, 4) is 5.69 Å². The van der Waals surface area contributed by atoms with Crippen molar-refractivity contribution in [2.45, 2.75) is 0 Å². The highest BCUT2D eigenvalue weighted by Gasteiger charge is 2.14. The molecule has 1 N–H and O–H groups in total. The molecule has 0 saturated heterocycles. The Bertz CT molecular complexity index is 1010. The molecule has 0 unspecified atom stereocenters. The van der Waals surface area contributed by atoms with Crippen molar-refractivity contribution in [3.63, 3.8) is 0 Å². The van der Waals surface area contributed by atoms with Gasteiger partial charge in [0.1, 0.15) is 5.82 Å². The fourth-order valence-electron chi connectivity index (χ4n) is 2.28. The Balaban J connectivity index is 1.56. The molecule has 0 aliphatic carbocycles. The number of benzene rings is 2. The van der Waals surface area contributed by atoms with E-state index in [1.807, 2.05) is 60.7 Å². The maximum Gasteiger partial charge on any atom is 0.298 e. The number of nitrogens with zero attached hydrogens (tertiary/aromatic N) is 5. The predicted molar refractivity (Wildman–Crippen MR) is 88.9 cm³/mol. The van der Waals surface area contributed by atoms with Gasteiger partial charge in [-0.3, -0.25) is 4.79 Å². The standard InChI is InChI=1S/C17H12N6O/c24-17(16-20-22-23(21-16)13-7-2-1-3-8-13)19-15-11-10-12-6-4-5-9-14(12)18-15/h1-11H,(H,18,19,24). The number of carbonyl (C=O) groups excluding carboxylic acids is 1. The minimum atomic E-state index is -0.458. The molecule has 24 heavy (non-hydrogen) atoms. The molecule has 0 fully saturated rings. The summed E-state index contributed by atoms with van der Waals surface area (Å²) in [7, 11) is 0. The number of anilines is 1. The summed E-state index contributed by atoms with van der Waals surface area (Å²) >= 11 is 0. The third kappa shape index (κ3) is 2.70. The maximum atomic E-state index is 12.3. The van der Waals surface area contributed by atoms with Crippen molar-refractivity contribution in [3.05, 3.63) is 72.6 Å². The minimum absolute atomic E-state index is 0.0196. The molecule has 0 radical (unpaired) electrons. The van der Waals surface area contributed by atoms with E-state index in [0.717, 1.165) is 16.6 Å². The Morgan fingerprint density at radius 2 is 1.71 bits per heavy atom. The van der Waals surface area contributed by atoms with Gasteiger partial charge in [-0.05, 0) is 35.5 Å². The Morgan fingerprint density at radius 1 is 0.917 bits per heavy atom. The molecule has 2 heterocycles. The van der Waals surface area contributed by atoms with Crippen LogP contribution in [0.2, 0.25) is 0 Å². The molecule has 4 rings (SSSR count). The van der Waals surface area contributed by atoms with E-state index in [4.69, 9.17) is 0 Å². The molecular formula is C17H12N6O. The Morgan fingerprint density at radius 3 is 2.58 bits per heavy atom. The number of rotatable bonds is 3. The van der Waals surface area contributed by atoms with E-state index in [2.05, 4.69) is 25.7 Å². The molecule has 0 atom stereocenters. The smallest absolute Gasteiger partial charge is 0.298 e. The fraction of sp³-hybridized carbons (Fsp3) is 0. The maximum absolute atomic E-state index is 12.3. The topological polar surface area (TPSA) is 85.6 Å². The number of para-hydroxylation sites is 2. The van der Waals surface area contributed by atoms with E-state index in [-0.39, 0.29) is 5.82 Å². The molecule has 2 aromatic carbocycles. The number of tetrazole rings is 1. The average Bonchev–Trinajstić information content (AvgIpc) is 3.13. The summed E-state index contributed by atoms with van der Waals surface area (Å²) in [6.07, 6.45) is 0. The lowest BCUT2D eigenvalue weighted by atomic mass is 10.2. The lowest BCUT2D eigenvalue weighted by Gasteiger charge is -2.03. The summed E-state index contributed by atoms with van der Waals surface area (Å²) in [6.45, 7) is 0. The highest BCUT2D eigenvalue weighted by molar-refractivity contribution is 6.01. The first-order valence-corrected chi connectivity index (χ1v) is 7.32. The van der Waals surface area contributed by atoms with Gasteiger partial charge in [-0.2, -0.15) is 0 Å². The molecule has 0 spiro atoms. The lowest BCUT2D eigenvalue weighted by molar-refractivity contribution is 0.101. The van der Waals surface area contributed by atoms with E-state index < -0.39 is 5.91 Å². The second kappa shape index (κ2) is 5.88. The summed E-state index contributed by atoms with van der Waals surface area (Å²) in [5.41, 5.74) is 1.53. The van der Waals surface area contributed by atoms with Crippen molar-refractivity contribution in [1.29, 1.82) is 0 Å². The number of pyridine rings is 1. The monoisotopic (exact) mass is 316 g/mol. The molecule has 2 aromatic heterocycles. The van der Waals surface area contributed by atoms with Crippen LogP contribution >= 0.6 is 0 Å². The van der Waals surface area contributed by atoms with Gasteiger partial charge in [0.2, 0.25) is 0 Å². The van der Waals surface area contributed by atoms with Gasteiger partial charge in [-0.15, -0.1) is 15.0 Å². The molecule has 1 amide bonds. The SMILES string of the molecule is O=C(Nc1ccc2ccccc2n1)c1nnn(-c2ccccc2)n1. The van der Waals surface area contributed by atoms with Crippen LogP contribution in [0.3, 0.4) is 0 Å². The van der Waals surface area contributed by atoms with Crippen LogP contribution < -0.4 is 5.32 Å². The molecule has 116 valence electrons. The van der Waals surface area contributed by atoms with Crippen LogP contribution in [0.4, 0.5) is 5.82 Å². The summed E-state index contributed by atoms with van der Waals surface area (Å²) < 4.78 is 0. The van der Waals surface area contributed by atoms with Crippen LogP contribution in [0.15, 0.2) is 66.7 Å². The van der Waals surface area contributed by atoms with Crippen LogP contribution in [-0.4, -0.2) is 31.1 Å². The number of nitrogens with one attached hydrogen (secondary N) is 1. The molecule has 0 bridgehead atoms. The third-order valence-electron chi connectivity index (χ3n) is 3.44. The van der Waals surface area contributed by atoms with E-state index >= 15 is 0 Å². The number of aromatic nitrogens is 5. The average molecular weight is 316 g/mol. The molecule has 0 aliphatic heterocycles. The van der Waals surface area contributed by atoms with Crippen LogP contribution in [0.1, 0.15) is 10.6 Å². The number of fused-ring (bicyclic) bond motifs is 1. The molecule has 7 nitrogen and oxygen atoms in total. The molecular weight excluding hydrogens is 304 g/mol. The first kappa shape index (κ1) is 14.0. The van der Waals surface area contributed by atoms with Gasteiger partial charge in [0.25, 0.3) is 11.7 Å². The van der Waals surface area contributed by atoms with Gasteiger partial charge >= 0.3 is 0 Å². The molecule has 0 aliphatic rings. The van der Waals surface area contributed by atoms with Gasteiger partial charge in [0.15, 0.2) is 0 Å². The zero-order chi connectivity index (χ0) is 16.4. The zero-order valence-electron chi connectivity index (χ0n) is 12.5. The molecule has 7 heteroatoms. The summed E-state index contributed by atoms with van der Waals surface area (Å²) in [4.78, 5) is 18.0. The highest BCUT2D eigenvalue weighted by Crippen LogP contribution is 2.14. The zero-order valence-corrected chi connectivity index (χ0v) is 12.5. The van der Waals surface area contributed by atoms with Gasteiger partial charge in [0.05, 0.1) is 11.2 Å². The normalized spacial score (nSPS) is 10.7. The molecule has 4 aromatic rings.